The molecule has 1 aliphatic rings. The van der Waals surface area contributed by atoms with Gasteiger partial charge >= 0.3 is 0 Å². The number of halogens is 1. The minimum atomic E-state index is 0.0917. The molecule has 0 aliphatic heterocycles. The number of amides is 1. The third kappa shape index (κ3) is 3.44. The molecule has 0 radical (unpaired) electrons. The zero-order valence-electron chi connectivity index (χ0n) is 11.9. The Bertz CT molecular complexity index is 634. The highest BCUT2D eigenvalue weighted by molar-refractivity contribution is 7.13. The Labute approximate surface area is 133 Å². The topological polar surface area (TPSA) is 33.2 Å². The Morgan fingerprint density at radius 2 is 2.10 bits per heavy atom. The SMILES string of the molecule is CN(CC1CC1)C(=O)c1ccc(-c2nc(CCl)cs2)cc1. The van der Waals surface area contributed by atoms with E-state index in [9.17, 15) is 4.79 Å². The van der Waals surface area contributed by atoms with Crippen LogP contribution in [0.4, 0.5) is 0 Å². The first kappa shape index (κ1) is 14.5. The van der Waals surface area contributed by atoms with Gasteiger partial charge in [0.1, 0.15) is 5.01 Å². The van der Waals surface area contributed by atoms with Crippen molar-refractivity contribution in [1.29, 1.82) is 0 Å². The van der Waals surface area contributed by atoms with Crippen molar-refractivity contribution in [2.24, 2.45) is 5.92 Å². The summed E-state index contributed by atoms with van der Waals surface area (Å²) < 4.78 is 0. The fourth-order valence-corrected chi connectivity index (χ4v) is 3.30. The molecule has 0 spiro atoms. The number of thiazole rings is 1. The first-order valence-corrected chi connectivity index (χ1v) is 8.45. The summed E-state index contributed by atoms with van der Waals surface area (Å²) in [6, 6.07) is 7.66. The maximum absolute atomic E-state index is 12.3. The first-order valence-electron chi connectivity index (χ1n) is 7.03. The molecule has 2 aromatic rings. The summed E-state index contributed by atoms with van der Waals surface area (Å²) in [5.41, 5.74) is 2.65. The number of rotatable bonds is 5. The van der Waals surface area contributed by atoms with Gasteiger partial charge in [0, 0.05) is 30.1 Å². The average molecular weight is 321 g/mol. The van der Waals surface area contributed by atoms with Crippen LogP contribution in [0.2, 0.25) is 0 Å². The maximum Gasteiger partial charge on any atom is 0.253 e. The molecule has 1 aromatic carbocycles. The molecule has 0 atom stereocenters. The molecule has 1 saturated carbocycles. The largest absolute Gasteiger partial charge is 0.341 e. The van der Waals surface area contributed by atoms with Crippen LogP contribution < -0.4 is 0 Å². The summed E-state index contributed by atoms with van der Waals surface area (Å²) in [5.74, 6) is 1.23. The lowest BCUT2D eigenvalue weighted by Gasteiger charge is -2.16. The van der Waals surface area contributed by atoms with Gasteiger partial charge in [0.15, 0.2) is 0 Å². The van der Waals surface area contributed by atoms with Crippen molar-refractivity contribution in [3.63, 3.8) is 0 Å². The van der Waals surface area contributed by atoms with Gasteiger partial charge in [-0.15, -0.1) is 22.9 Å². The van der Waals surface area contributed by atoms with E-state index >= 15 is 0 Å². The van der Waals surface area contributed by atoms with Crippen LogP contribution in [0.3, 0.4) is 0 Å². The number of hydrogen-bond donors (Lipinski definition) is 0. The number of hydrogen-bond acceptors (Lipinski definition) is 3. The van der Waals surface area contributed by atoms with Crippen molar-refractivity contribution in [3.05, 3.63) is 40.9 Å². The molecule has 1 heterocycles. The summed E-state index contributed by atoms with van der Waals surface area (Å²) in [4.78, 5) is 18.6. The number of aromatic nitrogens is 1. The van der Waals surface area contributed by atoms with Gasteiger partial charge in [-0.05, 0) is 30.9 Å². The summed E-state index contributed by atoms with van der Waals surface area (Å²) in [5, 5.41) is 2.90. The van der Waals surface area contributed by atoms with E-state index in [1.54, 1.807) is 11.3 Å². The molecule has 0 unspecified atom stereocenters. The number of nitrogens with zero attached hydrogens (tertiary/aromatic N) is 2. The molecule has 1 fully saturated rings. The van der Waals surface area contributed by atoms with E-state index in [1.165, 1.54) is 12.8 Å². The van der Waals surface area contributed by atoms with Gasteiger partial charge < -0.3 is 4.90 Å². The van der Waals surface area contributed by atoms with Crippen molar-refractivity contribution in [2.45, 2.75) is 18.7 Å². The molecule has 5 heteroatoms. The first-order chi connectivity index (χ1) is 10.2. The van der Waals surface area contributed by atoms with Gasteiger partial charge in [-0.1, -0.05) is 12.1 Å². The molecule has 3 rings (SSSR count). The lowest BCUT2D eigenvalue weighted by molar-refractivity contribution is 0.0788. The minimum absolute atomic E-state index is 0.0917. The second-order valence-corrected chi connectivity index (χ2v) is 6.61. The molecule has 1 amide bonds. The Morgan fingerprint density at radius 1 is 1.38 bits per heavy atom. The smallest absolute Gasteiger partial charge is 0.253 e. The zero-order valence-corrected chi connectivity index (χ0v) is 13.5. The van der Waals surface area contributed by atoms with E-state index in [1.807, 2.05) is 41.6 Å². The second-order valence-electron chi connectivity index (χ2n) is 5.48. The van der Waals surface area contributed by atoms with Crippen LogP contribution in [0.25, 0.3) is 10.6 Å². The third-order valence-corrected chi connectivity index (χ3v) is 4.86. The summed E-state index contributed by atoms with van der Waals surface area (Å²) in [7, 11) is 1.88. The molecule has 0 N–H and O–H groups in total. The van der Waals surface area contributed by atoms with Crippen LogP contribution in [0.15, 0.2) is 29.6 Å². The molecule has 1 aliphatic carbocycles. The quantitative estimate of drug-likeness (QED) is 0.779. The molecule has 0 bridgehead atoms. The van der Waals surface area contributed by atoms with E-state index in [-0.39, 0.29) is 5.91 Å². The Hall–Kier alpha value is -1.39. The average Bonchev–Trinajstić information content (AvgIpc) is 3.19. The van der Waals surface area contributed by atoms with Crippen LogP contribution in [0.1, 0.15) is 28.9 Å². The standard InChI is InChI=1S/C16H17ClN2OS/c1-19(9-11-2-3-11)16(20)13-6-4-12(5-7-13)15-18-14(8-17)10-21-15/h4-7,10-11H,2-3,8-9H2,1H3. The van der Waals surface area contributed by atoms with Crippen molar-refractivity contribution in [2.75, 3.05) is 13.6 Å². The summed E-state index contributed by atoms with van der Waals surface area (Å²) in [6.07, 6.45) is 2.51. The molecule has 110 valence electrons. The summed E-state index contributed by atoms with van der Waals surface area (Å²) >= 11 is 7.34. The van der Waals surface area contributed by atoms with Crippen LogP contribution in [0.5, 0.6) is 0 Å². The van der Waals surface area contributed by atoms with Crippen molar-refractivity contribution >= 4 is 28.8 Å². The Balaban J connectivity index is 1.72. The van der Waals surface area contributed by atoms with Crippen LogP contribution in [-0.2, 0) is 5.88 Å². The van der Waals surface area contributed by atoms with Gasteiger partial charge in [0.2, 0.25) is 0 Å². The highest BCUT2D eigenvalue weighted by Crippen LogP contribution is 2.30. The maximum atomic E-state index is 12.3. The van der Waals surface area contributed by atoms with E-state index in [4.69, 9.17) is 11.6 Å². The van der Waals surface area contributed by atoms with Crippen LogP contribution >= 0.6 is 22.9 Å². The van der Waals surface area contributed by atoms with E-state index in [0.29, 0.717) is 11.8 Å². The van der Waals surface area contributed by atoms with Gasteiger partial charge in [-0.3, -0.25) is 4.79 Å². The Kier molecular flexibility index (Phi) is 4.27. The van der Waals surface area contributed by atoms with E-state index < -0.39 is 0 Å². The highest BCUT2D eigenvalue weighted by atomic mass is 35.5. The van der Waals surface area contributed by atoms with Gasteiger partial charge in [-0.2, -0.15) is 0 Å². The lowest BCUT2D eigenvalue weighted by atomic mass is 10.1. The predicted molar refractivity (Wildman–Crippen MR) is 86.8 cm³/mol. The van der Waals surface area contributed by atoms with E-state index in [2.05, 4.69) is 4.98 Å². The number of benzene rings is 1. The second kappa shape index (κ2) is 6.16. The predicted octanol–water partition coefficient (Wildman–Crippen LogP) is 4.03. The fourth-order valence-electron chi connectivity index (χ4n) is 2.25. The molecular weight excluding hydrogens is 304 g/mol. The summed E-state index contributed by atoms with van der Waals surface area (Å²) in [6.45, 7) is 0.867. The van der Waals surface area contributed by atoms with Crippen molar-refractivity contribution < 1.29 is 4.79 Å². The number of carbonyl (C=O) groups is 1. The lowest BCUT2D eigenvalue weighted by Crippen LogP contribution is -2.28. The Morgan fingerprint density at radius 3 is 2.67 bits per heavy atom. The molecule has 0 saturated heterocycles. The molecule has 21 heavy (non-hydrogen) atoms. The van der Waals surface area contributed by atoms with E-state index in [0.717, 1.165) is 28.4 Å². The van der Waals surface area contributed by atoms with Crippen molar-refractivity contribution in [3.8, 4) is 10.6 Å². The molecular formula is C16H17ClN2OS. The van der Waals surface area contributed by atoms with Gasteiger partial charge in [0.25, 0.3) is 5.91 Å². The van der Waals surface area contributed by atoms with Gasteiger partial charge in [0.05, 0.1) is 11.6 Å². The van der Waals surface area contributed by atoms with Gasteiger partial charge in [-0.25, -0.2) is 4.98 Å². The monoisotopic (exact) mass is 320 g/mol. The van der Waals surface area contributed by atoms with Crippen LogP contribution in [0, 0.1) is 5.92 Å². The number of carbonyl (C=O) groups excluding carboxylic acids is 1. The molecule has 1 aromatic heterocycles. The normalized spacial score (nSPS) is 14.2. The third-order valence-electron chi connectivity index (χ3n) is 3.64. The minimum Gasteiger partial charge on any atom is -0.341 e. The highest BCUT2D eigenvalue weighted by Gasteiger charge is 2.25. The molecule has 3 nitrogen and oxygen atoms in total. The van der Waals surface area contributed by atoms with Crippen LogP contribution in [-0.4, -0.2) is 29.4 Å². The zero-order chi connectivity index (χ0) is 14.8. The van der Waals surface area contributed by atoms with Crippen molar-refractivity contribution in [1.82, 2.24) is 9.88 Å². The number of alkyl halides is 1. The fraction of sp³-hybridized carbons (Fsp3) is 0.375.